The van der Waals surface area contributed by atoms with Gasteiger partial charge in [0.25, 0.3) is 0 Å². The molecule has 4 rings (SSSR count). The molecule has 2 aromatic rings. The predicted octanol–water partition coefficient (Wildman–Crippen LogP) is 3.87. The Bertz CT molecular complexity index is 860. The van der Waals surface area contributed by atoms with Gasteiger partial charge in [-0.1, -0.05) is 24.3 Å². The zero-order valence-electron chi connectivity index (χ0n) is 17.6. The molecule has 1 N–H and O–H groups in total. The van der Waals surface area contributed by atoms with Gasteiger partial charge in [0.1, 0.15) is 12.4 Å². The van der Waals surface area contributed by atoms with Crippen LogP contribution in [0.2, 0.25) is 0 Å². The van der Waals surface area contributed by atoms with E-state index in [0.29, 0.717) is 43.1 Å². The summed E-state index contributed by atoms with van der Waals surface area (Å²) in [6, 6.07) is 13.1. The summed E-state index contributed by atoms with van der Waals surface area (Å²) in [7, 11) is 3.28. The Morgan fingerprint density at radius 3 is 2.43 bits per heavy atom. The van der Waals surface area contributed by atoms with E-state index >= 15 is 0 Å². The van der Waals surface area contributed by atoms with Crippen LogP contribution >= 0.6 is 0 Å². The monoisotopic (exact) mass is 415 g/mol. The summed E-state index contributed by atoms with van der Waals surface area (Å²) in [6.07, 6.45) is 3.16. The Kier molecular flexibility index (Phi) is 6.27. The first-order valence-electron chi connectivity index (χ1n) is 10.6. The number of ether oxygens (including phenoxy) is 3. The summed E-state index contributed by atoms with van der Waals surface area (Å²) >= 11 is 0. The molecule has 2 heterocycles. The van der Waals surface area contributed by atoms with Crippen molar-refractivity contribution in [1.29, 1.82) is 0 Å². The van der Waals surface area contributed by atoms with Crippen LogP contribution in [0.4, 0.5) is 4.39 Å². The molecule has 2 bridgehead atoms. The summed E-state index contributed by atoms with van der Waals surface area (Å²) in [5.41, 5.74) is 0.477. The van der Waals surface area contributed by atoms with Gasteiger partial charge in [-0.15, -0.1) is 0 Å². The van der Waals surface area contributed by atoms with E-state index in [1.165, 1.54) is 6.07 Å². The molecule has 6 heteroatoms. The van der Waals surface area contributed by atoms with Crippen molar-refractivity contribution >= 4 is 0 Å². The molecule has 162 valence electrons. The first kappa shape index (κ1) is 21.1. The summed E-state index contributed by atoms with van der Waals surface area (Å²) in [5, 5.41) is 11.3. The number of aliphatic hydroxyl groups is 1. The molecule has 2 saturated heterocycles. The van der Waals surface area contributed by atoms with Crippen molar-refractivity contribution in [2.24, 2.45) is 0 Å². The molecule has 5 nitrogen and oxygen atoms in total. The highest BCUT2D eigenvalue weighted by Gasteiger charge is 2.48. The lowest BCUT2D eigenvalue weighted by Crippen LogP contribution is -2.49. The maximum Gasteiger partial charge on any atom is 0.161 e. The Morgan fingerprint density at radius 2 is 1.77 bits per heavy atom. The van der Waals surface area contributed by atoms with E-state index in [1.54, 1.807) is 32.4 Å². The normalized spacial score (nSPS) is 26.0. The lowest BCUT2D eigenvalue weighted by Gasteiger charge is -2.44. The number of fused-ring (bicyclic) bond motifs is 2. The van der Waals surface area contributed by atoms with Crippen LogP contribution in [0, 0.1) is 5.82 Å². The lowest BCUT2D eigenvalue weighted by atomic mass is 9.80. The minimum atomic E-state index is -1.09. The second-order valence-corrected chi connectivity index (χ2v) is 8.30. The summed E-state index contributed by atoms with van der Waals surface area (Å²) in [4.78, 5) is 2.45. The van der Waals surface area contributed by atoms with Crippen molar-refractivity contribution in [3.63, 3.8) is 0 Å². The molecule has 0 saturated carbocycles. The van der Waals surface area contributed by atoms with Crippen LogP contribution in [-0.4, -0.2) is 49.5 Å². The molecule has 0 aromatic heterocycles. The number of halogens is 1. The first-order chi connectivity index (χ1) is 14.5. The maximum atomic E-state index is 14.4. The highest BCUT2D eigenvalue weighted by Crippen LogP contribution is 2.47. The topological polar surface area (TPSA) is 51.2 Å². The van der Waals surface area contributed by atoms with Gasteiger partial charge in [-0.05, 0) is 49.4 Å². The van der Waals surface area contributed by atoms with Crippen molar-refractivity contribution in [3.8, 4) is 11.5 Å². The number of hydrogen-bond donors (Lipinski definition) is 1. The standard InChI is InChI=1S/C24H30FNO4/c1-28-11-12-30-22-10-7-17(13-23(22)29-2)16-26-18-8-9-19(26)15-24(27,14-18)20-5-3-4-6-21(20)25/h3-7,10,13,18-19,27H,8-9,11-12,14-16H2,1-2H3/t18-,19+,24?. The van der Waals surface area contributed by atoms with Gasteiger partial charge in [-0.2, -0.15) is 0 Å². The van der Waals surface area contributed by atoms with Gasteiger partial charge < -0.3 is 19.3 Å². The second kappa shape index (κ2) is 8.92. The average molecular weight is 416 g/mol. The number of piperidine rings is 1. The predicted molar refractivity (Wildman–Crippen MR) is 112 cm³/mol. The van der Waals surface area contributed by atoms with Gasteiger partial charge in [0.15, 0.2) is 11.5 Å². The van der Waals surface area contributed by atoms with Gasteiger partial charge >= 0.3 is 0 Å². The van der Waals surface area contributed by atoms with Gasteiger partial charge in [0.2, 0.25) is 0 Å². The lowest BCUT2D eigenvalue weighted by molar-refractivity contribution is -0.0615. The molecule has 3 atom stereocenters. The van der Waals surface area contributed by atoms with Gasteiger partial charge in [-0.25, -0.2) is 4.39 Å². The fourth-order valence-electron chi connectivity index (χ4n) is 5.01. The van der Waals surface area contributed by atoms with Crippen molar-refractivity contribution in [2.45, 2.75) is 49.9 Å². The molecule has 0 amide bonds. The first-order valence-corrected chi connectivity index (χ1v) is 10.6. The summed E-state index contributed by atoms with van der Waals surface area (Å²) in [5.74, 6) is 1.09. The van der Waals surface area contributed by atoms with Crippen LogP contribution < -0.4 is 9.47 Å². The highest BCUT2D eigenvalue weighted by atomic mass is 19.1. The largest absolute Gasteiger partial charge is 0.493 e. The molecule has 2 aromatic carbocycles. The zero-order valence-corrected chi connectivity index (χ0v) is 17.6. The van der Waals surface area contributed by atoms with Crippen LogP contribution in [-0.2, 0) is 16.9 Å². The molecule has 0 radical (unpaired) electrons. The van der Waals surface area contributed by atoms with E-state index in [2.05, 4.69) is 11.0 Å². The fraction of sp³-hybridized carbons (Fsp3) is 0.500. The molecule has 0 spiro atoms. The van der Waals surface area contributed by atoms with Crippen LogP contribution in [0.3, 0.4) is 0 Å². The van der Waals surface area contributed by atoms with Gasteiger partial charge in [0, 0.05) is 31.3 Å². The molecular weight excluding hydrogens is 385 g/mol. The van der Waals surface area contributed by atoms with Crippen molar-refractivity contribution in [2.75, 3.05) is 27.4 Å². The summed E-state index contributed by atoms with van der Waals surface area (Å²) in [6.45, 7) is 1.77. The van der Waals surface area contributed by atoms with E-state index in [-0.39, 0.29) is 17.9 Å². The second-order valence-electron chi connectivity index (χ2n) is 8.30. The Labute approximate surface area is 177 Å². The van der Waals surface area contributed by atoms with Crippen molar-refractivity contribution < 1.29 is 23.7 Å². The minimum Gasteiger partial charge on any atom is -0.493 e. The molecule has 2 fully saturated rings. The quantitative estimate of drug-likeness (QED) is 0.664. The van der Waals surface area contributed by atoms with Crippen LogP contribution in [0.25, 0.3) is 0 Å². The molecule has 2 aliphatic heterocycles. The van der Waals surface area contributed by atoms with E-state index in [9.17, 15) is 9.50 Å². The molecule has 30 heavy (non-hydrogen) atoms. The maximum absolute atomic E-state index is 14.4. The zero-order chi connectivity index (χ0) is 21.1. The third-order valence-corrected chi connectivity index (χ3v) is 6.43. The molecule has 0 aliphatic carbocycles. The Hall–Kier alpha value is -2.15. The number of nitrogens with zero attached hydrogens (tertiary/aromatic N) is 1. The smallest absolute Gasteiger partial charge is 0.161 e. The van der Waals surface area contributed by atoms with Crippen LogP contribution in [0.15, 0.2) is 42.5 Å². The molecular formula is C24H30FNO4. The van der Waals surface area contributed by atoms with Crippen LogP contribution in [0.1, 0.15) is 36.8 Å². The fourth-order valence-corrected chi connectivity index (χ4v) is 5.01. The van der Waals surface area contributed by atoms with E-state index in [4.69, 9.17) is 14.2 Å². The SMILES string of the molecule is COCCOc1ccc(CN2[C@@H]3CC[C@H]2CC(O)(c2ccccc2F)C3)cc1OC. The average Bonchev–Trinajstić information content (AvgIpc) is 2.98. The highest BCUT2D eigenvalue weighted by molar-refractivity contribution is 5.43. The van der Waals surface area contributed by atoms with Gasteiger partial charge in [-0.3, -0.25) is 4.90 Å². The van der Waals surface area contributed by atoms with Crippen molar-refractivity contribution in [1.82, 2.24) is 4.90 Å². The van der Waals surface area contributed by atoms with E-state index in [0.717, 1.165) is 24.9 Å². The van der Waals surface area contributed by atoms with Gasteiger partial charge in [0.05, 0.1) is 19.3 Å². The molecule has 2 aliphatic rings. The Balaban J connectivity index is 1.47. The van der Waals surface area contributed by atoms with E-state index in [1.807, 2.05) is 12.1 Å². The summed E-state index contributed by atoms with van der Waals surface area (Å²) < 4.78 is 30.6. The number of methoxy groups -OCH3 is 2. The number of rotatable bonds is 8. The minimum absolute atomic E-state index is 0.233. The third-order valence-electron chi connectivity index (χ3n) is 6.43. The molecule has 1 unspecified atom stereocenters. The number of hydrogen-bond acceptors (Lipinski definition) is 5. The Morgan fingerprint density at radius 1 is 1.03 bits per heavy atom. The van der Waals surface area contributed by atoms with E-state index < -0.39 is 5.60 Å². The number of benzene rings is 2. The van der Waals surface area contributed by atoms with Crippen LogP contribution in [0.5, 0.6) is 11.5 Å². The van der Waals surface area contributed by atoms with Crippen molar-refractivity contribution in [3.05, 3.63) is 59.4 Å². The third kappa shape index (κ3) is 4.17.